The van der Waals surface area contributed by atoms with Crippen LogP contribution in [0.5, 0.6) is 5.75 Å². The number of ether oxygens (including phenoxy) is 2. The van der Waals surface area contributed by atoms with Crippen molar-refractivity contribution in [3.05, 3.63) is 89.1 Å². The van der Waals surface area contributed by atoms with E-state index in [1.54, 1.807) is 64.6 Å². The molecule has 1 saturated heterocycles. The zero-order valence-electron chi connectivity index (χ0n) is 21.8. The van der Waals surface area contributed by atoms with Crippen molar-refractivity contribution in [1.29, 1.82) is 0 Å². The molecule has 3 aromatic rings. The summed E-state index contributed by atoms with van der Waals surface area (Å²) in [6.45, 7) is 4.43. The molecule has 0 unspecified atom stereocenters. The van der Waals surface area contributed by atoms with E-state index in [1.165, 1.54) is 12.1 Å². The van der Waals surface area contributed by atoms with Crippen LogP contribution in [0.4, 0.5) is 4.39 Å². The van der Waals surface area contributed by atoms with Crippen molar-refractivity contribution >= 4 is 23.4 Å². The van der Waals surface area contributed by atoms with Crippen LogP contribution < -0.4 is 4.74 Å². The second kappa shape index (κ2) is 14.7. The Kier molecular flexibility index (Phi) is 10.8. The van der Waals surface area contributed by atoms with Gasteiger partial charge in [0, 0.05) is 37.7 Å². The fourth-order valence-corrected chi connectivity index (χ4v) is 4.39. The Hall–Kier alpha value is -3.40. The standard InChI is InChI=1S/C29H33ClFN3O5/c30-24-6-10-26(11-7-24)39-22-29(36)33(13-2-12-32-14-17-37-18-15-32)21-28(35)34(20-27-3-1-16-38-27)19-23-4-8-25(31)9-5-23/h1,3-11,16H,2,12-15,17-22H2. The Morgan fingerprint density at radius 3 is 2.38 bits per heavy atom. The van der Waals surface area contributed by atoms with Crippen molar-refractivity contribution in [1.82, 2.24) is 14.7 Å². The van der Waals surface area contributed by atoms with Gasteiger partial charge in [0.2, 0.25) is 5.91 Å². The summed E-state index contributed by atoms with van der Waals surface area (Å²) in [6.07, 6.45) is 2.25. The highest BCUT2D eigenvalue weighted by molar-refractivity contribution is 6.30. The average Bonchev–Trinajstić information content (AvgIpc) is 3.46. The molecule has 4 rings (SSSR count). The van der Waals surface area contributed by atoms with Crippen LogP contribution in [-0.4, -0.2) is 79.1 Å². The monoisotopic (exact) mass is 557 g/mol. The molecule has 0 bridgehead atoms. The number of hydrogen-bond donors (Lipinski definition) is 0. The first-order valence-electron chi connectivity index (χ1n) is 13.0. The Bertz CT molecular complexity index is 1170. The molecule has 0 atom stereocenters. The number of furan rings is 1. The van der Waals surface area contributed by atoms with Crippen molar-refractivity contribution < 1.29 is 27.9 Å². The van der Waals surface area contributed by atoms with Gasteiger partial charge in [0.1, 0.15) is 17.3 Å². The van der Waals surface area contributed by atoms with Gasteiger partial charge in [-0.1, -0.05) is 23.7 Å². The van der Waals surface area contributed by atoms with Crippen LogP contribution in [0.1, 0.15) is 17.7 Å². The Morgan fingerprint density at radius 1 is 0.949 bits per heavy atom. The van der Waals surface area contributed by atoms with Crippen LogP contribution in [0.2, 0.25) is 5.02 Å². The Balaban J connectivity index is 1.43. The van der Waals surface area contributed by atoms with E-state index in [9.17, 15) is 14.0 Å². The van der Waals surface area contributed by atoms with Crippen LogP contribution in [0, 0.1) is 5.82 Å². The van der Waals surface area contributed by atoms with Gasteiger partial charge in [-0.15, -0.1) is 0 Å². The van der Waals surface area contributed by atoms with E-state index in [2.05, 4.69) is 4.90 Å². The number of rotatable bonds is 13. The second-order valence-electron chi connectivity index (χ2n) is 9.32. The van der Waals surface area contributed by atoms with E-state index in [1.807, 2.05) is 0 Å². The summed E-state index contributed by atoms with van der Waals surface area (Å²) >= 11 is 5.94. The summed E-state index contributed by atoms with van der Waals surface area (Å²) in [7, 11) is 0. The zero-order valence-corrected chi connectivity index (χ0v) is 22.5. The minimum atomic E-state index is -0.347. The number of hydrogen-bond acceptors (Lipinski definition) is 6. The molecule has 1 aromatic heterocycles. The molecule has 0 radical (unpaired) electrons. The number of halogens is 2. The second-order valence-corrected chi connectivity index (χ2v) is 9.76. The minimum Gasteiger partial charge on any atom is -0.484 e. The fraction of sp³-hybridized carbons (Fsp3) is 0.379. The van der Waals surface area contributed by atoms with Gasteiger partial charge in [-0.25, -0.2) is 4.39 Å². The van der Waals surface area contributed by atoms with Gasteiger partial charge in [0.05, 0.1) is 32.6 Å². The molecule has 2 amide bonds. The summed E-state index contributed by atoms with van der Waals surface area (Å²) < 4.78 is 30.0. The maximum atomic E-state index is 13.6. The number of carbonyl (C=O) groups excluding carboxylic acids is 2. The van der Waals surface area contributed by atoms with Crippen molar-refractivity contribution in [3.63, 3.8) is 0 Å². The first-order chi connectivity index (χ1) is 19.0. The first kappa shape index (κ1) is 28.6. The van der Waals surface area contributed by atoms with Crippen LogP contribution in [-0.2, 0) is 27.4 Å². The highest BCUT2D eigenvalue weighted by Crippen LogP contribution is 2.16. The Morgan fingerprint density at radius 2 is 1.69 bits per heavy atom. The lowest BCUT2D eigenvalue weighted by Crippen LogP contribution is -2.45. The van der Waals surface area contributed by atoms with Crippen LogP contribution >= 0.6 is 11.6 Å². The molecular weight excluding hydrogens is 525 g/mol. The number of morpholine rings is 1. The molecule has 1 aliphatic heterocycles. The molecule has 2 aromatic carbocycles. The van der Waals surface area contributed by atoms with E-state index in [0.717, 1.165) is 25.2 Å². The molecule has 208 valence electrons. The van der Waals surface area contributed by atoms with Crippen molar-refractivity contribution in [2.45, 2.75) is 19.5 Å². The summed E-state index contributed by atoms with van der Waals surface area (Å²) in [4.78, 5) is 32.2. The highest BCUT2D eigenvalue weighted by atomic mass is 35.5. The number of benzene rings is 2. The molecule has 1 aliphatic rings. The molecule has 8 nitrogen and oxygen atoms in total. The van der Waals surface area contributed by atoms with Gasteiger partial charge < -0.3 is 23.7 Å². The predicted molar refractivity (Wildman–Crippen MR) is 145 cm³/mol. The number of amides is 2. The molecule has 0 saturated carbocycles. The maximum Gasteiger partial charge on any atom is 0.260 e. The summed E-state index contributed by atoms with van der Waals surface area (Å²) in [5.74, 6) is 0.243. The third-order valence-corrected chi connectivity index (χ3v) is 6.68. The van der Waals surface area contributed by atoms with Crippen molar-refractivity contribution in [3.8, 4) is 5.75 Å². The quantitative estimate of drug-likeness (QED) is 0.313. The van der Waals surface area contributed by atoms with E-state index >= 15 is 0 Å². The van der Waals surface area contributed by atoms with E-state index < -0.39 is 0 Å². The van der Waals surface area contributed by atoms with Gasteiger partial charge in [-0.2, -0.15) is 0 Å². The normalized spacial score (nSPS) is 13.7. The van der Waals surface area contributed by atoms with Crippen LogP contribution in [0.15, 0.2) is 71.3 Å². The lowest BCUT2D eigenvalue weighted by atomic mass is 10.2. The maximum absolute atomic E-state index is 13.6. The minimum absolute atomic E-state index is 0.117. The van der Waals surface area contributed by atoms with Gasteiger partial charge in [-0.05, 0) is 60.5 Å². The molecule has 2 heterocycles. The molecule has 1 fully saturated rings. The van der Waals surface area contributed by atoms with E-state index in [4.69, 9.17) is 25.5 Å². The lowest BCUT2D eigenvalue weighted by Gasteiger charge is -2.29. The SMILES string of the molecule is O=C(COc1ccc(Cl)cc1)N(CCCN1CCOCC1)CC(=O)N(Cc1ccc(F)cc1)Cc1ccco1. The molecular formula is C29H33ClFN3O5. The van der Waals surface area contributed by atoms with Gasteiger partial charge in [-0.3, -0.25) is 14.5 Å². The highest BCUT2D eigenvalue weighted by Gasteiger charge is 2.23. The fourth-order valence-electron chi connectivity index (χ4n) is 4.27. The van der Waals surface area contributed by atoms with Gasteiger partial charge in [0.25, 0.3) is 5.91 Å². The van der Waals surface area contributed by atoms with E-state index in [0.29, 0.717) is 42.7 Å². The summed E-state index contributed by atoms with van der Waals surface area (Å²) in [5, 5.41) is 0.571. The predicted octanol–water partition coefficient (Wildman–Crippen LogP) is 4.23. The lowest BCUT2D eigenvalue weighted by molar-refractivity contribution is -0.142. The van der Waals surface area contributed by atoms with Gasteiger partial charge >= 0.3 is 0 Å². The first-order valence-corrected chi connectivity index (χ1v) is 13.3. The van der Waals surface area contributed by atoms with Crippen molar-refractivity contribution in [2.75, 3.05) is 52.5 Å². The molecule has 0 spiro atoms. The third-order valence-electron chi connectivity index (χ3n) is 6.43. The molecule has 39 heavy (non-hydrogen) atoms. The topological polar surface area (TPSA) is 75.5 Å². The molecule has 0 N–H and O–H groups in total. The van der Waals surface area contributed by atoms with Crippen LogP contribution in [0.3, 0.4) is 0 Å². The van der Waals surface area contributed by atoms with Gasteiger partial charge in [0.15, 0.2) is 6.61 Å². The summed E-state index contributed by atoms with van der Waals surface area (Å²) in [6, 6.07) is 16.3. The molecule has 0 aliphatic carbocycles. The summed E-state index contributed by atoms with van der Waals surface area (Å²) in [5.41, 5.74) is 0.771. The average molecular weight is 558 g/mol. The number of carbonyl (C=O) groups is 2. The number of nitrogens with zero attached hydrogens (tertiary/aromatic N) is 3. The smallest absolute Gasteiger partial charge is 0.260 e. The third kappa shape index (κ3) is 9.38. The molecule has 10 heteroatoms. The zero-order chi connectivity index (χ0) is 27.5. The van der Waals surface area contributed by atoms with E-state index in [-0.39, 0.29) is 43.9 Å². The van der Waals surface area contributed by atoms with Crippen molar-refractivity contribution in [2.24, 2.45) is 0 Å². The Labute approximate surface area is 232 Å². The largest absolute Gasteiger partial charge is 0.484 e. The van der Waals surface area contributed by atoms with Crippen LogP contribution in [0.25, 0.3) is 0 Å².